The molecule has 5 rings (SSSR count). The lowest BCUT2D eigenvalue weighted by molar-refractivity contribution is -0.388. The van der Waals surface area contributed by atoms with Crippen molar-refractivity contribution in [3.05, 3.63) is 127 Å². The van der Waals surface area contributed by atoms with Gasteiger partial charge in [0.2, 0.25) is 10.0 Å². The van der Waals surface area contributed by atoms with Crippen LogP contribution in [0.5, 0.6) is 11.5 Å². The van der Waals surface area contributed by atoms with Crippen molar-refractivity contribution in [1.29, 1.82) is 0 Å². The van der Waals surface area contributed by atoms with Gasteiger partial charge < -0.3 is 23.2 Å². The summed E-state index contributed by atoms with van der Waals surface area (Å²) in [5, 5.41) is 35.6. The third-order valence-corrected chi connectivity index (χ3v) is 21.0. The topological polar surface area (TPSA) is 252 Å². The SMILES string of the molecule is COC(=O)[C@@H]1Cc2cc(CN(C[C@H](O)c3ccc(OS(=O)(=O)c4ccccc4[N+](=O)[O-])cc3)S(=O)(=O)c3ccccc3[N+](=O)[O-])c(O[Si](C(C)C)(C(C)C)C(C)C)cc2CN1C(=O)OC(C)(C)C. The van der Waals surface area contributed by atoms with E-state index in [0.29, 0.717) is 16.7 Å². The molecule has 0 aliphatic carbocycles. The third kappa shape index (κ3) is 11.5. The number of hydrogen-bond acceptors (Lipinski definition) is 15. The lowest BCUT2D eigenvalue weighted by atomic mass is 9.92. The maximum absolute atomic E-state index is 14.9. The van der Waals surface area contributed by atoms with Gasteiger partial charge in [0.25, 0.3) is 19.7 Å². The first-order valence-corrected chi connectivity index (χ1v) is 26.7. The number of ether oxygens (including phenoxy) is 2. The van der Waals surface area contributed by atoms with Crippen LogP contribution in [0.3, 0.4) is 0 Å². The Morgan fingerprint density at radius 3 is 1.87 bits per heavy atom. The summed E-state index contributed by atoms with van der Waals surface area (Å²) in [7, 11) is -11.2. The van der Waals surface area contributed by atoms with Gasteiger partial charge in [0, 0.05) is 37.2 Å². The van der Waals surface area contributed by atoms with Gasteiger partial charge in [-0.1, -0.05) is 84.0 Å². The number of nitro benzene ring substituents is 2. The second-order valence-electron chi connectivity index (χ2n) is 18.4. The molecule has 0 bridgehead atoms. The quantitative estimate of drug-likeness (QED) is 0.0322. The number of rotatable bonds is 18. The van der Waals surface area contributed by atoms with Crippen molar-refractivity contribution in [2.75, 3.05) is 13.7 Å². The molecule has 0 unspecified atom stereocenters. The zero-order valence-electron chi connectivity index (χ0n) is 39.6. The molecule has 4 aromatic rings. The Hall–Kier alpha value is -5.94. The Morgan fingerprint density at radius 1 is 0.824 bits per heavy atom. The fourth-order valence-corrected chi connectivity index (χ4v) is 16.7. The van der Waals surface area contributed by atoms with Crippen molar-refractivity contribution in [2.24, 2.45) is 0 Å². The summed E-state index contributed by atoms with van der Waals surface area (Å²) >= 11 is 0. The van der Waals surface area contributed by atoms with E-state index in [1.165, 1.54) is 60.5 Å². The summed E-state index contributed by atoms with van der Waals surface area (Å²) in [5.41, 5.74) is -0.686. The van der Waals surface area contributed by atoms with E-state index in [4.69, 9.17) is 18.1 Å². The average molecular weight is 999 g/mol. The molecule has 1 aliphatic rings. The molecular formula is C46H58N4O15S2Si. The van der Waals surface area contributed by atoms with Crippen molar-refractivity contribution in [1.82, 2.24) is 9.21 Å². The number of amides is 1. The molecule has 4 aromatic carbocycles. The first kappa shape index (κ1) is 53.0. The molecule has 1 amide bonds. The number of methoxy groups -OCH3 is 1. The molecule has 0 spiro atoms. The molecule has 22 heteroatoms. The Kier molecular flexibility index (Phi) is 16.2. The molecule has 2 atom stereocenters. The molecule has 19 nitrogen and oxygen atoms in total. The fraction of sp³-hybridized carbons (Fsp3) is 0.435. The number of hydrogen-bond donors (Lipinski definition) is 1. The van der Waals surface area contributed by atoms with Gasteiger partial charge in [-0.3, -0.25) is 25.1 Å². The van der Waals surface area contributed by atoms with Crippen LogP contribution in [-0.2, 0) is 53.9 Å². The molecule has 1 aliphatic heterocycles. The summed E-state index contributed by atoms with van der Waals surface area (Å²) < 4.78 is 80.1. The highest BCUT2D eigenvalue weighted by atomic mass is 32.2. The van der Waals surface area contributed by atoms with Gasteiger partial charge in [0.1, 0.15) is 23.1 Å². The highest BCUT2D eigenvalue weighted by Crippen LogP contribution is 2.45. The summed E-state index contributed by atoms with van der Waals surface area (Å²) in [6.07, 6.45) is -2.45. The fourth-order valence-electron chi connectivity index (χ4n) is 8.73. The van der Waals surface area contributed by atoms with E-state index >= 15 is 0 Å². The van der Waals surface area contributed by atoms with Crippen LogP contribution < -0.4 is 8.61 Å². The number of aliphatic hydroxyl groups is 1. The van der Waals surface area contributed by atoms with Gasteiger partial charge in [-0.25, -0.2) is 18.0 Å². The van der Waals surface area contributed by atoms with Gasteiger partial charge in [0.05, 0.1) is 29.6 Å². The Balaban J connectivity index is 1.65. The zero-order chi connectivity index (χ0) is 50.7. The number of nitrogens with zero attached hydrogens (tertiary/aromatic N) is 4. The van der Waals surface area contributed by atoms with Crippen molar-refractivity contribution >= 4 is 51.9 Å². The lowest BCUT2D eigenvalue weighted by Crippen LogP contribution is -2.51. The van der Waals surface area contributed by atoms with Crippen molar-refractivity contribution in [2.45, 2.75) is 126 Å². The smallest absolute Gasteiger partial charge is 0.411 e. The van der Waals surface area contributed by atoms with Crippen LogP contribution in [0.2, 0.25) is 16.6 Å². The van der Waals surface area contributed by atoms with E-state index in [2.05, 4.69) is 41.5 Å². The minimum absolute atomic E-state index is 0.0340. The Morgan fingerprint density at radius 2 is 1.35 bits per heavy atom. The number of aliphatic hydroxyl groups excluding tert-OH is 1. The third-order valence-electron chi connectivity index (χ3n) is 11.8. The number of fused-ring (bicyclic) bond motifs is 1. The standard InChI is InChI=1S/C46H58N4O15S2Si/c1-29(2)68(30(3)4,31(5)6)65-41-25-34-27-48(45(53)63-46(7,8)9)39(44(52)62-10)24-33(34)23-35(41)26-47(66(58,59)42-17-13-11-15-37(42)49(54)55)28-40(51)32-19-21-36(22-20-32)64-67(60,61)43-18-14-12-16-38(43)50(56)57/h11-23,25,29-31,39-40,51H,24,26-28H2,1-10H3/t39-,40-/m0/s1. The number of para-hydroxylation sites is 2. The molecule has 0 saturated carbocycles. The minimum atomic E-state index is -4.86. The molecule has 1 N–H and O–H groups in total. The zero-order valence-corrected chi connectivity index (χ0v) is 42.2. The van der Waals surface area contributed by atoms with Crippen molar-refractivity contribution < 1.29 is 59.5 Å². The van der Waals surface area contributed by atoms with E-state index < -0.39 is 102 Å². The number of carbonyl (C=O) groups excluding carboxylic acids is 2. The summed E-state index contributed by atoms with van der Waals surface area (Å²) in [5.74, 6) is -0.706. The first-order chi connectivity index (χ1) is 31.6. The second kappa shape index (κ2) is 20.7. The molecule has 0 radical (unpaired) electrons. The van der Waals surface area contributed by atoms with Crippen LogP contribution in [0.25, 0.3) is 0 Å². The molecule has 1 heterocycles. The Bertz CT molecular complexity index is 2740. The van der Waals surface area contributed by atoms with E-state index in [9.17, 15) is 51.8 Å². The minimum Gasteiger partial charge on any atom is -0.542 e. The van der Waals surface area contributed by atoms with E-state index in [1.807, 2.05) is 0 Å². The normalized spacial score (nSPS) is 15.0. The predicted molar refractivity (Wildman–Crippen MR) is 252 cm³/mol. The van der Waals surface area contributed by atoms with Crippen LogP contribution in [-0.4, -0.2) is 86.7 Å². The number of benzene rings is 4. The van der Waals surface area contributed by atoms with Crippen LogP contribution in [0, 0.1) is 20.2 Å². The van der Waals surface area contributed by atoms with E-state index in [0.717, 1.165) is 28.6 Å². The van der Waals surface area contributed by atoms with Crippen LogP contribution >= 0.6 is 0 Å². The van der Waals surface area contributed by atoms with Crippen molar-refractivity contribution in [3.8, 4) is 11.5 Å². The average Bonchev–Trinajstić information content (AvgIpc) is 3.26. The van der Waals surface area contributed by atoms with Gasteiger partial charge in [-0.05, 0) is 84.4 Å². The predicted octanol–water partition coefficient (Wildman–Crippen LogP) is 8.58. The molecule has 68 heavy (non-hydrogen) atoms. The van der Waals surface area contributed by atoms with Crippen LogP contribution in [0.1, 0.15) is 90.7 Å². The van der Waals surface area contributed by atoms with E-state index in [-0.39, 0.29) is 46.7 Å². The first-order valence-electron chi connectivity index (χ1n) is 21.7. The monoisotopic (exact) mass is 998 g/mol. The lowest BCUT2D eigenvalue weighted by Gasteiger charge is -2.43. The Labute approximate surface area is 397 Å². The van der Waals surface area contributed by atoms with E-state index in [1.54, 1.807) is 32.9 Å². The maximum atomic E-state index is 14.9. The summed E-state index contributed by atoms with van der Waals surface area (Å²) in [6, 6.07) is 16.6. The highest BCUT2D eigenvalue weighted by Gasteiger charge is 2.48. The molecule has 0 aromatic heterocycles. The summed E-state index contributed by atoms with van der Waals surface area (Å²) in [4.78, 5) is 49.0. The number of carbonyl (C=O) groups is 2. The molecule has 0 saturated heterocycles. The van der Waals surface area contributed by atoms with Gasteiger partial charge in [0.15, 0.2) is 9.79 Å². The largest absolute Gasteiger partial charge is 0.542 e. The van der Waals surface area contributed by atoms with Crippen molar-refractivity contribution in [3.63, 3.8) is 0 Å². The van der Waals surface area contributed by atoms with Gasteiger partial charge in [-0.15, -0.1) is 0 Å². The molecule has 0 fully saturated rings. The highest BCUT2D eigenvalue weighted by molar-refractivity contribution is 7.89. The number of sulfonamides is 1. The van der Waals surface area contributed by atoms with Crippen LogP contribution in [0.15, 0.2) is 94.7 Å². The summed E-state index contributed by atoms with van der Waals surface area (Å²) in [6.45, 7) is 16.2. The number of esters is 1. The molecular weight excluding hydrogens is 941 g/mol. The molecule has 368 valence electrons. The van der Waals surface area contributed by atoms with Crippen LogP contribution in [0.4, 0.5) is 16.2 Å². The van der Waals surface area contributed by atoms with Gasteiger partial charge in [-0.2, -0.15) is 12.7 Å². The number of nitro groups is 2. The van der Waals surface area contributed by atoms with Gasteiger partial charge >= 0.3 is 22.2 Å². The second-order valence-corrected chi connectivity index (χ2v) is 27.2. The maximum Gasteiger partial charge on any atom is 0.411 e.